The highest BCUT2D eigenvalue weighted by Gasteiger charge is 2.16. The van der Waals surface area contributed by atoms with Crippen molar-refractivity contribution in [1.29, 1.82) is 0 Å². The van der Waals surface area contributed by atoms with E-state index in [1.165, 1.54) is 18.3 Å². The van der Waals surface area contributed by atoms with Crippen molar-refractivity contribution >= 4 is 17.6 Å². The summed E-state index contributed by atoms with van der Waals surface area (Å²) in [5.41, 5.74) is -0.665. The lowest BCUT2D eigenvalue weighted by atomic mass is 10.2. The lowest BCUT2D eigenvalue weighted by Crippen LogP contribution is -2.24. The molecule has 20 heavy (non-hydrogen) atoms. The molecule has 0 fully saturated rings. The maximum absolute atomic E-state index is 13.4. The van der Waals surface area contributed by atoms with Crippen LogP contribution in [0.15, 0.2) is 29.2 Å². The molecule has 5 nitrogen and oxygen atoms in total. The molecule has 0 amide bonds. The Morgan fingerprint density at radius 1 is 1.50 bits per heavy atom. The molecular weight excluding hydrogens is 287 g/mol. The van der Waals surface area contributed by atoms with Gasteiger partial charge in [0.1, 0.15) is 5.82 Å². The van der Waals surface area contributed by atoms with E-state index in [1.54, 1.807) is 6.92 Å². The molecule has 0 bridgehead atoms. The van der Waals surface area contributed by atoms with Crippen molar-refractivity contribution in [1.82, 2.24) is 9.78 Å². The Balaban J connectivity index is 2.68. The van der Waals surface area contributed by atoms with Crippen molar-refractivity contribution in [3.05, 3.63) is 56.7 Å². The second-order valence-corrected chi connectivity index (χ2v) is 4.44. The number of hydrogen-bond donors (Lipinski definition) is 1. The van der Waals surface area contributed by atoms with Crippen molar-refractivity contribution in [3.8, 4) is 5.69 Å². The van der Waals surface area contributed by atoms with E-state index in [-0.39, 0.29) is 16.3 Å². The summed E-state index contributed by atoms with van der Waals surface area (Å²) in [5, 5.41) is 12.6. The van der Waals surface area contributed by atoms with Gasteiger partial charge in [-0.25, -0.2) is 13.9 Å². The van der Waals surface area contributed by atoms with Gasteiger partial charge in [0, 0.05) is 17.8 Å². The van der Waals surface area contributed by atoms with E-state index in [1.807, 2.05) is 0 Å². The zero-order valence-electron chi connectivity index (χ0n) is 10.4. The molecule has 7 heteroatoms. The van der Waals surface area contributed by atoms with E-state index in [0.29, 0.717) is 6.42 Å². The number of nitrogens with zero attached hydrogens (tertiary/aromatic N) is 2. The van der Waals surface area contributed by atoms with Crippen LogP contribution in [0.1, 0.15) is 23.0 Å². The Hall–Kier alpha value is -2.21. The molecule has 0 unspecified atom stereocenters. The summed E-state index contributed by atoms with van der Waals surface area (Å²) >= 11 is 5.58. The standard InChI is InChI=1S/C13H10ClFN2O3/c1-2-7-6-17(16-11(12(7)18)13(19)20)8-3-4-9(14)10(15)5-8/h3-6H,2H2,1H3,(H,19,20). The molecule has 0 spiro atoms. The number of aryl methyl sites for hydroxylation is 1. The second kappa shape index (κ2) is 5.42. The topological polar surface area (TPSA) is 72.2 Å². The summed E-state index contributed by atoms with van der Waals surface area (Å²) in [6, 6.07) is 3.93. The van der Waals surface area contributed by atoms with E-state index in [0.717, 1.165) is 10.7 Å². The number of carboxylic acids is 1. The van der Waals surface area contributed by atoms with Crippen LogP contribution in [-0.2, 0) is 6.42 Å². The van der Waals surface area contributed by atoms with E-state index in [9.17, 15) is 14.0 Å². The maximum Gasteiger partial charge on any atom is 0.360 e. The largest absolute Gasteiger partial charge is 0.476 e. The van der Waals surface area contributed by atoms with Crippen LogP contribution in [0.4, 0.5) is 4.39 Å². The van der Waals surface area contributed by atoms with Crippen LogP contribution in [-0.4, -0.2) is 20.9 Å². The van der Waals surface area contributed by atoms with Gasteiger partial charge in [-0.05, 0) is 18.6 Å². The van der Waals surface area contributed by atoms with Gasteiger partial charge in [0.25, 0.3) is 0 Å². The van der Waals surface area contributed by atoms with Gasteiger partial charge in [0.2, 0.25) is 11.1 Å². The molecule has 104 valence electrons. The summed E-state index contributed by atoms with van der Waals surface area (Å²) in [7, 11) is 0. The molecule has 0 aliphatic rings. The van der Waals surface area contributed by atoms with Gasteiger partial charge in [-0.15, -0.1) is 0 Å². The van der Waals surface area contributed by atoms with E-state index < -0.39 is 22.9 Å². The van der Waals surface area contributed by atoms with Crippen molar-refractivity contribution in [2.45, 2.75) is 13.3 Å². The second-order valence-electron chi connectivity index (χ2n) is 4.03. The normalized spacial score (nSPS) is 10.6. The third kappa shape index (κ3) is 2.55. The predicted octanol–water partition coefficient (Wildman–Crippen LogP) is 2.29. The molecule has 1 heterocycles. The van der Waals surface area contributed by atoms with Gasteiger partial charge >= 0.3 is 5.97 Å². The molecule has 1 aromatic carbocycles. The van der Waals surface area contributed by atoms with E-state index >= 15 is 0 Å². The van der Waals surface area contributed by atoms with Crippen LogP contribution >= 0.6 is 11.6 Å². The first-order valence-electron chi connectivity index (χ1n) is 5.75. The summed E-state index contributed by atoms with van der Waals surface area (Å²) in [5.74, 6) is -2.08. The lowest BCUT2D eigenvalue weighted by molar-refractivity contribution is 0.0686. The molecule has 0 saturated heterocycles. The number of rotatable bonds is 3. The average Bonchev–Trinajstić information content (AvgIpc) is 2.42. The van der Waals surface area contributed by atoms with Crippen LogP contribution in [0.25, 0.3) is 5.69 Å². The number of aromatic carboxylic acids is 1. The molecule has 0 radical (unpaired) electrons. The fourth-order valence-corrected chi connectivity index (χ4v) is 1.81. The highest BCUT2D eigenvalue weighted by atomic mass is 35.5. The van der Waals surface area contributed by atoms with E-state index in [2.05, 4.69) is 5.10 Å². The fourth-order valence-electron chi connectivity index (χ4n) is 1.69. The maximum atomic E-state index is 13.4. The zero-order valence-corrected chi connectivity index (χ0v) is 11.2. The minimum absolute atomic E-state index is 0.0519. The highest BCUT2D eigenvalue weighted by Crippen LogP contribution is 2.17. The molecule has 0 aliphatic carbocycles. The van der Waals surface area contributed by atoms with Gasteiger partial charge in [-0.2, -0.15) is 5.10 Å². The summed E-state index contributed by atoms with van der Waals surface area (Å²) in [4.78, 5) is 22.8. The monoisotopic (exact) mass is 296 g/mol. The third-order valence-corrected chi connectivity index (χ3v) is 3.05. The van der Waals surface area contributed by atoms with Crippen LogP contribution in [0.3, 0.4) is 0 Å². The van der Waals surface area contributed by atoms with Crippen LogP contribution < -0.4 is 5.43 Å². The van der Waals surface area contributed by atoms with Crippen LogP contribution in [0.5, 0.6) is 0 Å². The Morgan fingerprint density at radius 3 is 2.75 bits per heavy atom. The number of carboxylic acid groups (broad SMARTS) is 1. The number of aromatic nitrogens is 2. The van der Waals surface area contributed by atoms with Crippen molar-refractivity contribution in [2.75, 3.05) is 0 Å². The van der Waals surface area contributed by atoms with Crippen molar-refractivity contribution < 1.29 is 14.3 Å². The van der Waals surface area contributed by atoms with Gasteiger partial charge in [0.15, 0.2) is 0 Å². The highest BCUT2D eigenvalue weighted by molar-refractivity contribution is 6.30. The number of carbonyl (C=O) groups is 1. The SMILES string of the molecule is CCc1cn(-c2ccc(Cl)c(F)c2)nc(C(=O)O)c1=O. The molecular formula is C13H10ClFN2O3. The zero-order chi connectivity index (χ0) is 14.9. The molecule has 0 saturated carbocycles. The van der Waals surface area contributed by atoms with Gasteiger partial charge in [-0.3, -0.25) is 4.79 Å². The lowest BCUT2D eigenvalue weighted by Gasteiger charge is -2.09. The summed E-state index contributed by atoms with van der Waals surface area (Å²) < 4.78 is 14.6. The van der Waals surface area contributed by atoms with Crippen LogP contribution in [0.2, 0.25) is 5.02 Å². The van der Waals surface area contributed by atoms with Gasteiger partial charge < -0.3 is 5.11 Å². The van der Waals surface area contributed by atoms with Crippen molar-refractivity contribution in [2.24, 2.45) is 0 Å². The molecule has 0 atom stereocenters. The number of benzene rings is 1. The third-order valence-electron chi connectivity index (χ3n) is 2.74. The Labute approximate surface area is 118 Å². The number of halogens is 2. The average molecular weight is 297 g/mol. The quantitative estimate of drug-likeness (QED) is 0.943. The minimum Gasteiger partial charge on any atom is -0.476 e. The first-order valence-corrected chi connectivity index (χ1v) is 6.13. The first kappa shape index (κ1) is 14.2. The molecule has 2 aromatic rings. The predicted molar refractivity (Wildman–Crippen MR) is 71.1 cm³/mol. The minimum atomic E-state index is -1.42. The fraction of sp³-hybridized carbons (Fsp3) is 0.154. The Bertz CT molecular complexity index is 743. The van der Waals surface area contributed by atoms with Crippen LogP contribution in [0, 0.1) is 5.82 Å². The van der Waals surface area contributed by atoms with Gasteiger partial charge in [-0.1, -0.05) is 18.5 Å². The van der Waals surface area contributed by atoms with E-state index in [4.69, 9.17) is 16.7 Å². The molecule has 0 aliphatic heterocycles. The molecule has 2 rings (SSSR count). The smallest absolute Gasteiger partial charge is 0.360 e. The number of hydrogen-bond acceptors (Lipinski definition) is 3. The molecule has 1 N–H and O–H groups in total. The molecule has 1 aromatic heterocycles. The Morgan fingerprint density at radius 2 is 2.20 bits per heavy atom. The summed E-state index contributed by atoms with van der Waals surface area (Å²) in [6.45, 7) is 1.72. The van der Waals surface area contributed by atoms with Crippen molar-refractivity contribution in [3.63, 3.8) is 0 Å². The summed E-state index contributed by atoms with van der Waals surface area (Å²) in [6.07, 6.45) is 1.73. The van der Waals surface area contributed by atoms with Gasteiger partial charge in [0.05, 0.1) is 10.7 Å². The Kier molecular flexibility index (Phi) is 3.85. The first-order chi connectivity index (χ1) is 9.43.